The number of nitrogens with zero attached hydrogens (tertiary/aromatic N) is 2. The molecule has 1 aromatic heterocycles. The van der Waals surface area contributed by atoms with E-state index in [1.54, 1.807) is 27.0 Å². The van der Waals surface area contributed by atoms with Gasteiger partial charge in [-0.3, -0.25) is 19.1 Å². The topological polar surface area (TPSA) is 182 Å². The van der Waals surface area contributed by atoms with E-state index in [1.165, 1.54) is 4.90 Å². The molecular weight excluding hydrogens is 727 g/mol. The van der Waals surface area contributed by atoms with Crippen LogP contribution in [-0.4, -0.2) is 89.8 Å². The van der Waals surface area contributed by atoms with Gasteiger partial charge < -0.3 is 29.7 Å². The molecule has 3 heterocycles. The van der Waals surface area contributed by atoms with Crippen LogP contribution >= 0.6 is 0 Å². The largest absolute Gasteiger partial charge is 0.494 e. The van der Waals surface area contributed by atoms with Gasteiger partial charge in [-0.05, 0) is 108 Å². The Morgan fingerprint density at radius 3 is 2.55 bits per heavy atom. The Morgan fingerprint density at radius 2 is 1.85 bits per heavy atom. The molecule has 2 aliphatic carbocycles. The number of hydrogen-bond acceptors (Lipinski definition) is 10. The molecule has 55 heavy (non-hydrogen) atoms. The number of alkyl carbamates (subject to hydrolysis) is 1. The van der Waals surface area contributed by atoms with E-state index in [0.717, 1.165) is 17.2 Å². The number of ether oxygens (including phenoxy) is 3. The highest BCUT2D eigenvalue weighted by Crippen LogP contribution is 2.46. The van der Waals surface area contributed by atoms with Gasteiger partial charge in [0.15, 0.2) is 0 Å². The third-order valence-corrected chi connectivity index (χ3v) is 12.8. The standard InChI is InChI=1S/C40H55N5O9S/c1-7-25-19-24(3)11-9-10-12-27-22-40(27,37(48)44-55(50,51)30-14-15-30)43-34(46)32-21-29(23-45(32)36(47)33(25)42-38(49)54-39(4,5)6)53-35-31-16-13-28(52-8-2)20-26(31)17-18-41-35/h10,12-13,16-18,20,24-25,27,29-30,32-33H,7-9,11,14-15,19,21-23H2,1-6H3,(H,42,49)(H,43,46)(H,44,48)/b12-10-/t24-,25+,27?,29+,32-,33-,40+/m0/s1. The molecule has 7 atom stereocenters. The fourth-order valence-corrected chi connectivity index (χ4v) is 9.15. The van der Waals surface area contributed by atoms with Gasteiger partial charge in [-0.15, -0.1) is 0 Å². The average molecular weight is 782 g/mol. The van der Waals surface area contributed by atoms with Gasteiger partial charge in [0.05, 0.1) is 18.4 Å². The molecule has 14 nitrogen and oxygen atoms in total. The SMILES string of the molecule is CCOc1ccc2c(O[C@@H]3C[C@H]4C(=O)N[C@]5(C(=O)NS(=O)(=O)C6CC6)CC5/C=C\CC[C@H](C)C[C@@H](CC)[C@H](NC(=O)OC(C)(C)C)C(=O)N4C3)nccc2c1. The Bertz CT molecular complexity index is 1930. The van der Waals surface area contributed by atoms with Crippen molar-refractivity contribution in [2.75, 3.05) is 13.2 Å². The molecule has 6 rings (SSSR count). The second kappa shape index (κ2) is 16.0. The predicted molar refractivity (Wildman–Crippen MR) is 206 cm³/mol. The summed E-state index contributed by atoms with van der Waals surface area (Å²) in [5.41, 5.74) is -2.33. The number of benzene rings is 1. The Balaban J connectivity index is 1.35. The summed E-state index contributed by atoms with van der Waals surface area (Å²) in [5, 5.41) is 6.69. The molecule has 2 aromatic rings. The van der Waals surface area contributed by atoms with E-state index in [9.17, 15) is 27.6 Å². The molecule has 1 aromatic carbocycles. The van der Waals surface area contributed by atoms with Crippen LogP contribution in [0.15, 0.2) is 42.6 Å². The molecule has 2 saturated carbocycles. The quantitative estimate of drug-likeness (QED) is 0.300. The maximum Gasteiger partial charge on any atom is 0.408 e. The van der Waals surface area contributed by atoms with Crippen molar-refractivity contribution in [1.29, 1.82) is 0 Å². The van der Waals surface area contributed by atoms with Crippen molar-refractivity contribution in [3.05, 3.63) is 42.6 Å². The lowest BCUT2D eigenvalue weighted by Crippen LogP contribution is -2.59. The molecule has 4 aliphatic rings. The first-order valence-electron chi connectivity index (χ1n) is 19.6. The van der Waals surface area contributed by atoms with Crippen LogP contribution in [0.1, 0.15) is 92.9 Å². The van der Waals surface area contributed by atoms with E-state index in [1.807, 2.05) is 50.3 Å². The lowest BCUT2D eigenvalue weighted by Gasteiger charge is -2.34. The molecule has 0 spiro atoms. The van der Waals surface area contributed by atoms with Gasteiger partial charge in [-0.25, -0.2) is 18.2 Å². The summed E-state index contributed by atoms with van der Waals surface area (Å²) in [6.45, 7) is 11.7. The zero-order valence-electron chi connectivity index (χ0n) is 32.6. The van der Waals surface area contributed by atoms with Gasteiger partial charge >= 0.3 is 6.09 Å². The molecule has 3 fully saturated rings. The Morgan fingerprint density at radius 1 is 1.09 bits per heavy atom. The van der Waals surface area contributed by atoms with Gasteiger partial charge in [0.2, 0.25) is 27.7 Å². The maximum absolute atomic E-state index is 14.9. The number of aromatic nitrogens is 1. The molecule has 300 valence electrons. The summed E-state index contributed by atoms with van der Waals surface area (Å²) in [7, 11) is -3.90. The second-order valence-electron chi connectivity index (χ2n) is 16.5. The Kier molecular flexibility index (Phi) is 11.7. The minimum Gasteiger partial charge on any atom is -0.494 e. The van der Waals surface area contributed by atoms with Crippen molar-refractivity contribution in [3.63, 3.8) is 0 Å². The predicted octanol–water partition coefficient (Wildman–Crippen LogP) is 4.76. The number of nitrogens with one attached hydrogen (secondary N) is 3. The normalized spacial score (nSPS) is 29.5. The van der Waals surface area contributed by atoms with E-state index < -0.39 is 74.3 Å². The van der Waals surface area contributed by atoms with Gasteiger partial charge in [-0.2, -0.15) is 0 Å². The number of carbonyl (C=O) groups excluding carboxylic acids is 4. The summed E-state index contributed by atoms with van der Waals surface area (Å²) in [5.74, 6) is -1.42. The number of carbonyl (C=O) groups is 4. The molecule has 1 saturated heterocycles. The third-order valence-electron chi connectivity index (χ3n) is 10.9. The molecule has 1 unspecified atom stereocenters. The van der Waals surface area contributed by atoms with Crippen molar-refractivity contribution in [3.8, 4) is 11.6 Å². The maximum atomic E-state index is 14.9. The highest BCUT2D eigenvalue weighted by molar-refractivity contribution is 7.91. The van der Waals surface area contributed by atoms with Gasteiger partial charge in [0, 0.05) is 23.9 Å². The first kappa shape index (κ1) is 40.3. The molecular formula is C40H55N5O9S. The number of pyridine rings is 1. The number of allylic oxidation sites excluding steroid dienone is 1. The van der Waals surface area contributed by atoms with E-state index in [0.29, 0.717) is 50.3 Å². The summed E-state index contributed by atoms with van der Waals surface area (Å²) in [4.78, 5) is 62.4. The fourth-order valence-electron chi connectivity index (χ4n) is 7.79. The molecule has 15 heteroatoms. The minimum absolute atomic E-state index is 0.0108. The van der Waals surface area contributed by atoms with E-state index >= 15 is 0 Å². The van der Waals surface area contributed by atoms with Crippen molar-refractivity contribution in [2.45, 2.75) is 127 Å². The van der Waals surface area contributed by atoms with Crippen LogP contribution in [0.3, 0.4) is 0 Å². The summed E-state index contributed by atoms with van der Waals surface area (Å²) in [6, 6.07) is 5.25. The number of fused-ring (bicyclic) bond motifs is 3. The third kappa shape index (κ3) is 9.36. The number of amides is 4. The van der Waals surface area contributed by atoms with E-state index in [-0.39, 0.29) is 31.2 Å². The lowest BCUT2D eigenvalue weighted by atomic mass is 9.85. The number of hydrogen-bond donors (Lipinski definition) is 3. The summed E-state index contributed by atoms with van der Waals surface area (Å²) < 4.78 is 45.8. The molecule has 0 radical (unpaired) electrons. The zero-order valence-corrected chi connectivity index (χ0v) is 33.4. The van der Waals surface area contributed by atoms with Crippen molar-refractivity contribution >= 4 is 44.6 Å². The Hall–Kier alpha value is -4.40. The smallest absolute Gasteiger partial charge is 0.408 e. The first-order valence-corrected chi connectivity index (χ1v) is 21.1. The molecule has 3 N–H and O–H groups in total. The second-order valence-corrected chi connectivity index (χ2v) is 18.5. The van der Waals surface area contributed by atoms with Crippen LogP contribution < -0.4 is 24.8 Å². The summed E-state index contributed by atoms with van der Waals surface area (Å²) >= 11 is 0. The minimum atomic E-state index is -3.90. The van der Waals surface area contributed by atoms with Gasteiger partial charge in [-0.1, -0.05) is 32.4 Å². The monoisotopic (exact) mass is 781 g/mol. The van der Waals surface area contributed by atoms with Crippen LogP contribution in [0.4, 0.5) is 4.79 Å². The molecule has 2 aliphatic heterocycles. The average Bonchev–Trinajstić information content (AvgIpc) is 4.04. The molecule has 4 amide bonds. The van der Waals surface area contributed by atoms with Gasteiger partial charge in [0.1, 0.15) is 35.1 Å². The number of sulfonamides is 1. The zero-order chi connectivity index (χ0) is 39.7. The van der Waals surface area contributed by atoms with Crippen LogP contribution in [0.25, 0.3) is 10.8 Å². The van der Waals surface area contributed by atoms with Crippen molar-refractivity contribution in [2.24, 2.45) is 17.8 Å². The fraction of sp³-hybridized carbons (Fsp3) is 0.625. The van der Waals surface area contributed by atoms with Crippen LogP contribution in [0.5, 0.6) is 11.6 Å². The number of rotatable bonds is 9. The lowest BCUT2D eigenvalue weighted by molar-refractivity contribution is -0.142. The van der Waals surface area contributed by atoms with E-state index in [4.69, 9.17) is 14.2 Å². The highest BCUT2D eigenvalue weighted by Gasteiger charge is 2.62. The van der Waals surface area contributed by atoms with Crippen LogP contribution in [0.2, 0.25) is 0 Å². The van der Waals surface area contributed by atoms with Gasteiger partial charge in [0.25, 0.3) is 5.91 Å². The summed E-state index contributed by atoms with van der Waals surface area (Å²) in [6.07, 6.45) is 7.90. The Labute approximate surface area is 323 Å². The van der Waals surface area contributed by atoms with E-state index in [2.05, 4.69) is 27.3 Å². The molecule has 0 bridgehead atoms. The van der Waals surface area contributed by atoms with Crippen molar-refractivity contribution < 1.29 is 41.8 Å². The first-order chi connectivity index (χ1) is 26.0. The van der Waals surface area contributed by atoms with Crippen molar-refractivity contribution in [1.82, 2.24) is 25.2 Å². The van der Waals surface area contributed by atoms with Crippen LogP contribution in [0, 0.1) is 17.8 Å². The van der Waals surface area contributed by atoms with Crippen LogP contribution in [-0.2, 0) is 29.1 Å². The highest BCUT2D eigenvalue weighted by atomic mass is 32.2.